The molecule has 2 heterocycles. The molecule has 0 radical (unpaired) electrons. The van der Waals surface area contributed by atoms with E-state index in [2.05, 4.69) is 20.6 Å². The molecule has 2 aromatic carbocycles. The third-order valence-corrected chi connectivity index (χ3v) is 5.76. The van der Waals surface area contributed by atoms with Crippen molar-refractivity contribution in [2.45, 2.75) is 25.7 Å². The van der Waals surface area contributed by atoms with Crippen LogP contribution in [0.4, 0.5) is 30.2 Å². The van der Waals surface area contributed by atoms with Gasteiger partial charge in [-0.15, -0.1) is 0 Å². The lowest BCUT2D eigenvalue weighted by atomic mass is 9.90. The van der Waals surface area contributed by atoms with Crippen LogP contribution in [0.5, 0.6) is 0 Å². The van der Waals surface area contributed by atoms with Crippen LogP contribution in [0.2, 0.25) is 0 Å². The molecular formula is C25H19F3N4O. The maximum Gasteiger partial charge on any atom is 0.255 e. The number of aromatic nitrogens is 2. The van der Waals surface area contributed by atoms with Gasteiger partial charge >= 0.3 is 0 Å². The Morgan fingerprint density at radius 2 is 1.70 bits per heavy atom. The van der Waals surface area contributed by atoms with Crippen LogP contribution in [0.3, 0.4) is 0 Å². The van der Waals surface area contributed by atoms with E-state index in [0.29, 0.717) is 11.3 Å². The third-order valence-electron chi connectivity index (χ3n) is 5.76. The average Bonchev–Trinajstić information content (AvgIpc) is 2.82. The Hall–Kier alpha value is -3.94. The summed E-state index contributed by atoms with van der Waals surface area (Å²) in [6, 6.07) is 8.80. The number of hydrogen-bond donors (Lipinski definition) is 2. The molecule has 1 aliphatic carbocycles. The SMILES string of the molecule is O=C(Nc1ccc(Nc2ccnc3ncc4c(c23)CCCC4)c(F)c1)c1ccc(F)c(F)c1. The van der Waals surface area contributed by atoms with E-state index in [-0.39, 0.29) is 16.9 Å². The summed E-state index contributed by atoms with van der Waals surface area (Å²) < 4.78 is 41.4. The molecule has 0 saturated heterocycles. The second kappa shape index (κ2) is 8.54. The predicted octanol–water partition coefficient (Wildman–Crippen LogP) is 5.92. The molecule has 0 unspecified atom stereocenters. The number of anilines is 3. The van der Waals surface area contributed by atoms with Gasteiger partial charge in [0.25, 0.3) is 5.91 Å². The minimum absolute atomic E-state index is 0.0722. The lowest BCUT2D eigenvalue weighted by Crippen LogP contribution is -2.12. The van der Waals surface area contributed by atoms with E-state index >= 15 is 0 Å². The second-order valence-electron chi connectivity index (χ2n) is 7.93. The Balaban J connectivity index is 1.41. The number of pyridine rings is 2. The van der Waals surface area contributed by atoms with Crippen molar-refractivity contribution in [3.05, 3.63) is 89.0 Å². The lowest BCUT2D eigenvalue weighted by Gasteiger charge is -2.19. The van der Waals surface area contributed by atoms with E-state index in [4.69, 9.17) is 0 Å². The number of fused-ring (bicyclic) bond motifs is 3. The van der Waals surface area contributed by atoms with Crippen molar-refractivity contribution in [3.63, 3.8) is 0 Å². The molecule has 0 aliphatic heterocycles. The van der Waals surface area contributed by atoms with Crippen LogP contribution in [-0.2, 0) is 12.8 Å². The molecule has 0 atom stereocenters. The van der Waals surface area contributed by atoms with Gasteiger partial charge in [-0.2, -0.15) is 0 Å². The van der Waals surface area contributed by atoms with E-state index in [1.807, 2.05) is 6.20 Å². The van der Waals surface area contributed by atoms with Crippen LogP contribution in [0.15, 0.2) is 54.9 Å². The van der Waals surface area contributed by atoms with Crippen LogP contribution in [0.1, 0.15) is 34.3 Å². The minimum atomic E-state index is -1.13. The number of hydrogen-bond acceptors (Lipinski definition) is 4. The van der Waals surface area contributed by atoms with Crippen molar-refractivity contribution in [2.24, 2.45) is 0 Å². The highest BCUT2D eigenvalue weighted by atomic mass is 19.2. The number of nitrogens with one attached hydrogen (secondary N) is 2. The molecule has 33 heavy (non-hydrogen) atoms. The van der Waals surface area contributed by atoms with E-state index in [1.54, 1.807) is 12.3 Å². The summed E-state index contributed by atoms with van der Waals surface area (Å²) in [4.78, 5) is 21.1. The first-order valence-corrected chi connectivity index (χ1v) is 10.6. The largest absolute Gasteiger partial charge is 0.352 e. The third kappa shape index (κ3) is 4.11. The van der Waals surface area contributed by atoms with Gasteiger partial charge in [0, 0.05) is 29.0 Å². The second-order valence-corrected chi connectivity index (χ2v) is 7.93. The lowest BCUT2D eigenvalue weighted by molar-refractivity contribution is 0.102. The fourth-order valence-corrected chi connectivity index (χ4v) is 4.13. The number of rotatable bonds is 4. The maximum absolute atomic E-state index is 14.9. The summed E-state index contributed by atoms with van der Waals surface area (Å²) in [6.07, 6.45) is 7.59. The Bertz CT molecular complexity index is 1390. The Labute approximate surface area is 187 Å². The first-order valence-electron chi connectivity index (χ1n) is 10.6. The Kier molecular flexibility index (Phi) is 5.42. The zero-order chi connectivity index (χ0) is 22.9. The highest BCUT2D eigenvalue weighted by Gasteiger charge is 2.17. The van der Waals surface area contributed by atoms with E-state index in [1.165, 1.54) is 23.3 Å². The van der Waals surface area contributed by atoms with Crippen molar-refractivity contribution < 1.29 is 18.0 Å². The molecule has 0 saturated carbocycles. The summed E-state index contributed by atoms with van der Waals surface area (Å²) in [5, 5.41) is 6.52. The Morgan fingerprint density at radius 3 is 2.52 bits per heavy atom. The average molecular weight is 448 g/mol. The molecule has 1 amide bonds. The number of amides is 1. The first kappa shape index (κ1) is 20.9. The van der Waals surface area contributed by atoms with Gasteiger partial charge in [0.15, 0.2) is 17.3 Å². The van der Waals surface area contributed by atoms with Crippen molar-refractivity contribution in [1.82, 2.24) is 9.97 Å². The van der Waals surface area contributed by atoms with Crippen molar-refractivity contribution in [1.29, 1.82) is 0 Å². The molecule has 5 nitrogen and oxygen atoms in total. The van der Waals surface area contributed by atoms with Gasteiger partial charge in [0.1, 0.15) is 5.82 Å². The fourth-order valence-electron chi connectivity index (χ4n) is 4.13. The molecule has 166 valence electrons. The number of carbonyl (C=O) groups excluding carboxylic acids is 1. The van der Waals surface area contributed by atoms with E-state index < -0.39 is 23.4 Å². The summed E-state index contributed by atoms with van der Waals surface area (Å²) in [6.45, 7) is 0. The highest BCUT2D eigenvalue weighted by molar-refractivity contribution is 6.04. The van der Waals surface area contributed by atoms with Crippen molar-refractivity contribution >= 4 is 34.0 Å². The monoisotopic (exact) mass is 448 g/mol. The standard InChI is InChI=1S/C25H19F3N4O/c26-18-7-5-14(11-19(18)27)25(33)31-16-6-8-21(20(28)12-16)32-22-9-10-29-24-23(22)17-4-2-1-3-15(17)13-30-24/h5-13H,1-4H2,(H,31,33)(H,29,30,32). The van der Waals surface area contributed by atoms with Gasteiger partial charge < -0.3 is 10.6 Å². The van der Waals surface area contributed by atoms with Gasteiger partial charge in [-0.1, -0.05) is 0 Å². The van der Waals surface area contributed by atoms with Gasteiger partial charge in [0.2, 0.25) is 0 Å². The number of aryl methyl sites for hydroxylation is 2. The van der Waals surface area contributed by atoms with Gasteiger partial charge in [-0.05, 0) is 79.3 Å². The number of halogens is 3. The zero-order valence-corrected chi connectivity index (χ0v) is 17.5. The molecule has 5 rings (SSSR count). The maximum atomic E-state index is 14.9. The van der Waals surface area contributed by atoms with E-state index in [9.17, 15) is 18.0 Å². The van der Waals surface area contributed by atoms with Crippen LogP contribution in [0, 0.1) is 17.5 Å². The molecule has 8 heteroatoms. The smallest absolute Gasteiger partial charge is 0.255 e. The predicted molar refractivity (Wildman–Crippen MR) is 120 cm³/mol. The molecular weight excluding hydrogens is 429 g/mol. The van der Waals surface area contributed by atoms with Crippen LogP contribution >= 0.6 is 0 Å². The fraction of sp³-hybridized carbons (Fsp3) is 0.160. The summed E-state index contributed by atoms with van der Waals surface area (Å²) in [7, 11) is 0. The van der Waals surface area contributed by atoms with Gasteiger partial charge in [0.05, 0.1) is 11.4 Å². The summed E-state index contributed by atoms with van der Waals surface area (Å²) >= 11 is 0. The molecule has 1 aliphatic rings. The molecule has 0 fully saturated rings. The van der Waals surface area contributed by atoms with Gasteiger partial charge in [-0.3, -0.25) is 4.79 Å². The van der Waals surface area contributed by atoms with E-state index in [0.717, 1.165) is 55.3 Å². The minimum Gasteiger partial charge on any atom is -0.352 e. The topological polar surface area (TPSA) is 66.9 Å². The normalized spacial score (nSPS) is 12.9. The van der Waals surface area contributed by atoms with Gasteiger partial charge in [-0.25, -0.2) is 23.1 Å². The van der Waals surface area contributed by atoms with Crippen LogP contribution in [-0.4, -0.2) is 15.9 Å². The summed E-state index contributed by atoms with van der Waals surface area (Å²) in [5.74, 6) is -3.43. The number of benzene rings is 2. The first-order chi connectivity index (χ1) is 16.0. The van der Waals surface area contributed by atoms with Crippen LogP contribution in [0.25, 0.3) is 11.0 Å². The molecule has 0 spiro atoms. The molecule has 4 aromatic rings. The molecule has 0 bridgehead atoms. The zero-order valence-electron chi connectivity index (χ0n) is 17.5. The quantitative estimate of drug-likeness (QED) is 0.407. The Morgan fingerprint density at radius 1 is 0.848 bits per heavy atom. The molecule has 2 aromatic heterocycles. The van der Waals surface area contributed by atoms with Crippen molar-refractivity contribution in [2.75, 3.05) is 10.6 Å². The number of nitrogens with zero attached hydrogens (tertiary/aromatic N) is 2. The highest BCUT2D eigenvalue weighted by Crippen LogP contribution is 2.34. The number of carbonyl (C=O) groups is 1. The molecule has 2 N–H and O–H groups in total. The summed E-state index contributed by atoms with van der Waals surface area (Å²) in [5.41, 5.74) is 4.05. The van der Waals surface area contributed by atoms with Crippen molar-refractivity contribution in [3.8, 4) is 0 Å². The van der Waals surface area contributed by atoms with Crippen LogP contribution < -0.4 is 10.6 Å².